The molecule has 0 saturated carbocycles. The summed E-state index contributed by atoms with van der Waals surface area (Å²) in [7, 11) is 1.31. The van der Waals surface area contributed by atoms with Gasteiger partial charge in [0.05, 0.1) is 23.1 Å². The average molecular weight is 206 g/mol. The summed E-state index contributed by atoms with van der Waals surface area (Å²) in [6.45, 7) is 0. The third-order valence-corrected chi connectivity index (χ3v) is 1.69. The monoisotopic (exact) mass is 205 g/mol. The molecule has 0 N–H and O–H groups in total. The van der Waals surface area contributed by atoms with E-state index >= 15 is 0 Å². The van der Waals surface area contributed by atoms with Crippen molar-refractivity contribution in [3.8, 4) is 5.75 Å². The van der Waals surface area contributed by atoms with Gasteiger partial charge < -0.3 is 4.74 Å². The van der Waals surface area contributed by atoms with E-state index < -0.39 is 16.4 Å². The van der Waals surface area contributed by atoms with Gasteiger partial charge in [0.15, 0.2) is 0 Å². The lowest BCUT2D eigenvalue weighted by molar-refractivity contribution is -0.387. The minimum atomic E-state index is -1.05. The van der Waals surface area contributed by atoms with Gasteiger partial charge in [0.1, 0.15) is 5.75 Å². The van der Waals surface area contributed by atoms with E-state index in [1.165, 1.54) is 13.2 Å². The van der Waals surface area contributed by atoms with Crippen molar-refractivity contribution in [2.45, 2.75) is 0 Å². The normalized spacial score (nSPS) is 9.77. The molecule has 0 aliphatic carbocycles. The third kappa shape index (κ3) is 1.86. The number of benzene rings is 1. The molecule has 1 aromatic carbocycles. The Kier molecular flexibility index (Phi) is 2.67. The number of nitro benzene ring substituents is 1. The van der Waals surface area contributed by atoms with E-state index in [-0.39, 0.29) is 10.8 Å². The van der Waals surface area contributed by atoms with Crippen LogP contribution >= 0.6 is 11.6 Å². The summed E-state index contributed by atoms with van der Waals surface area (Å²) < 4.78 is 17.6. The van der Waals surface area contributed by atoms with Gasteiger partial charge in [0.25, 0.3) is 0 Å². The smallest absolute Gasteiger partial charge is 0.310 e. The maximum absolute atomic E-state index is 12.9. The maximum atomic E-state index is 12.9. The molecule has 0 unspecified atom stereocenters. The Balaban J connectivity index is 3.33. The molecule has 1 aromatic rings. The molecule has 0 atom stereocenters. The molecule has 0 aromatic heterocycles. The van der Waals surface area contributed by atoms with Crippen LogP contribution in [-0.2, 0) is 0 Å². The largest absolute Gasteiger partial charge is 0.496 e. The SMILES string of the molecule is COc1cc(Cl)c(F)c([N+](=O)[O-])c1. The Morgan fingerprint density at radius 3 is 2.69 bits per heavy atom. The maximum Gasteiger partial charge on any atom is 0.310 e. The van der Waals surface area contributed by atoms with Crippen molar-refractivity contribution in [1.82, 2.24) is 0 Å². The molecular weight excluding hydrogens is 201 g/mol. The van der Waals surface area contributed by atoms with Crippen molar-refractivity contribution < 1.29 is 14.1 Å². The van der Waals surface area contributed by atoms with Crippen LogP contribution in [0.25, 0.3) is 0 Å². The van der Waals surface area contributed by atoms with Crippen molar-refractivity contribution in [3.63, 3.8) is 0 Å². The molecule has 0 amide bonds. The lowest BCUT2D eigenvalue weighted by Crippen LogP contribution is -1.94. The van der Waals surface area contributed by atoms with Crippen LogP contribution < -0.4 is 4.74 Å². The first-order chi connectivity index (χ1) is 6.06. The van der Waals surface area contributed by atoms with Crippen molar-refractivity contribution in [2.24, 2.45) is 0 Å². The van der Waals surface area contributed by atoms with Crippen molar-refractivity contribution in [3.05, 3.63) is 33.1 Å². The van der Waals surface area contributed by atoms with Crippen LogP contribution in [0.5, 0.6) is 5.75 Å². The van der Waals surface area contributed by atoms with Gasteiger partial charge in [-0.3, -0.25) is 10.1 Å². The molecule has 0 saturated heterocycles. The number of ether oxygens (including phenoxy) is 1. The minimum absolute atomic E-state index is 0.151. The number of halogens is 2. The minimum Gasteiger partial charge on any atom is -0.496 e. The molecule has 1 rings (SSSR count). The lowest BCUT2D eigenvalue weighted by Gasteiger charge is -2.01. The van der Waals surface area contributed by atoms with E-state index in [9.17, 15) is 14.5 Å². The summed E-state index contributed by atoms with van der Waals surface area (Å²) in [5.74, 6) is -0.898. The Labute approximate surface area is 78.0 Å². The Hall–Kier alpha value is -1.36. The van der Waals surface area contributed by atoms with Crippen LogP contribution in [0.4, 0.5) is 10.1 Å². The van der Waals surface area contributed by atoms with E-state index in [0.717, 1.165) is 6.07 Å². The van der Waals surface area contributed by atoms with Gasteiger partial charge in [0.2, 0.25) is 5.82 Å². The summed E-state index contributed by atoms with van der Waals surface area (Å²) in [4.78, 5) is 9.44. The standard InChI is InChI=1S/C7H5ClFNO3/c1-13-4-2-5(8)7(9)6(3-4)10(11)12/h2-3H,1H3. The van der Waals surface area contributed by atoms with Crippen molar-refractivity contribution >= 4 is 17.3 Å². The van der Waals surface area contributed by atoms with Crippen LogP contribution in [-0.4, -0.2) is 12.0 Å². The summed E-state index contributed by atoms with van der Waals surface area (Å²) in [6, 6.07) is 2.14. The second-order valence-electron chi connectivity index (χ2n) is 2.20. The zero-order valence-corrected chi connectivity index (χ0v) is 7.34. The van der Waals surface area contributed by atoms with Gasteiger partial charge in [-0.2, -0.15) is 4.39 Å². The molecule has 0 spiro atoms. The highest BCUT2D eigenvalue weighted by Crippen LogP contribution is 2.29. The first-order valence-electron chi connectivity index (χ1n) is 3.23. The van der Waals surface area contributed by atoms with Gasteiger partial charge >= 0.3 is 5.69 Å². The van der Waals surface area contributed by atoms with Crippen LogP contribution in [0.3, 0.4) is 0 Å². The molecule has 0 fully saturated rings. The number of rotatable bonds is 2. The summed E-state index contributed by atoms with van der Waals surface area (Å²) in [5, 5.41) is 9.97. The van der Waals surface area contributed by atoms with E-state index in [1.54, 1.807) is 0 Å². The van der Waals surface area contributed by atoms with Gasteiger partial charge in [-0.05, 0) is 0 Å². The first kappa shape index (κ1) is 9.73. The van der Waals surface area contributed by atoms with Gasteiger partial charge in [-0.1, -0.05) is 11.6 Å². The van der Waals surface area contributed by atoms with Gasteiger partial charge in [-0.15, -0.1) is 0 Å². The quantitative estimate of drug-likeness (QED) is 0.550. The summed E-state index contributed by atoms with van der Waals surface area (Å²) in [5.41, 5.74) is -0.690. The molecule has 0 aliphatic heterocycles. The first-order valence-corrected chi connectivity index (χ1v) is 3.61. The fourth-order valence-corrected chi connectivity index (χ4v) is 1.01. The second-order valence-corrected chi connectivity index (χ2v) is 2.61. The molecule has 0 heterocycles. The summed E-state index contributed by atoms with van der Waals surface area (Å²) >= 11 is 5.38. The number of nitro groups is 1. The van der Waals surface area contributed by atoms with E-state index in [1.807, 2.05) is 0 Å². The molecule has 4 nitrogen and oxygen atoms in total. The van der Waals surface area contributed by atoms with E-state index in [0.29, 0.717) is 0 Å². The molecule has 0 aliphatic rings. The predicted octanol–water partition coefficient (Wildman–Crippen LogP) is 2.40. The number of hydrogen-bond acceptors (Lipinski definition) is 3. The topological polar surface area (TPSA) is 52.4 Å². The predicted molar refractivity (Wildman–Crippen MR) is 44.6 cm³/mol. The Bertz CT molecular complexity index is 356. The molecule has 0 bridgehead atoms. The third-order valence-electron chi connectivity index (χ3n) is 1.41. The van der Waals surface area contributed by atoms with E-state index in [2.05, 4.69) is 4.74 Å². The van der Waals surface area contributed by atoms with Crippen molar-refractivity contribution in [2.75, 3.05) is 7.11 Å². The highest BCUT2D eigenvalue weighted by molar-refractivity contribution is 6.31. The Morgan fingerprint density at radius 2 is 2.23 bits per heavy atom. The van der Waals surface area contributed by atoms with Gasteiger partial charge in [0, 0.05) is 6.07 Å². The molecule has 13 heavy (non-hydrogen) atoms. The van der Waals surface area contributed by atoms with Crippen LogP contribution in [0.15, 0.2) is 12.1 Å². The second kappa shape index (κ2) is 3.57. The molecule has 70 valence electrons. The highest BCUT2D eigenvalue weighted by atomic mass is 35.5. The Morgan fingerprint density at radius 1 is 1.62 bits per heavy atom. The zero-order chi connectivity index (χ0) is 10.0. The number of hydrogen-bond donors (Lipinski definition) is 0. The van der Waals surface area contributed by atoms with Crippen molar-refractivity contribution in [1.29, 1.82) is 0 Å². The zero-order valence-electron chi connectivity index (χ0n) is 6.58. The lowest BCUT2D eigenvalue weighted by atomic mass is 10.3. The van der Waals surface area contributed by atoms with Crippen LogP contribution in [0.1, 0.15) is 0 Å². The summed E-state index contributed by atoms with van der Waals surface area (Å²) in [6.07, 6.45) is 0. The number of nitrogens with zero attached hydrogens (tertiary/aromatic N) is 1. The fraction of sp³-hybridized carbons (Fsp3) is 0.143. The van der Waals surface area contributed by atoms with E-state index in [4.69, 9.17) is 11.6 Å². The number of methoxy groups -OCH3 is 1. The fourth-order valence-electron chi connectivity index (χ4n) is 0.801. The van der Waals surface area contributed by atoms with Gasteiger partial charge in [-0.25, -0.2) is 0 Å². The average Bonchev–Trinajstić information content (AvgIpc) is 2.09. The molecule has 0 radical (unpaired) electrons. The van der Waals surface area contributed by atoms with Crippen LogP contribution in [0, 0.1) is 15.9 Å². The molecule has 6 heteroatoms. The molecular formula is C7H5ClFNO3. The van der Waals surface area contributed by atoms with Crippen LogP contribution in [0.2, 0.25) is 5.02 Å². The highest BCUT2D eigenvalue weighted by Gasteiger charge is 2.18.